The number of hydrogen-bond acceptors (Lipinski definition) is 3. The highest BCUT2D eigenvalue weighted by Crippen LogP contribution is 2.20. The van der Waals surface area contributed by atoms with Crippen molar-refractivity contribution in [3.05, 3.63) is 29.1 Å². The van der Waals surface area contributed by atoms with Gasteiger partial charge in [0.2, 0.25) is 0 Å². The Bertz CT molecular complexity index is 372. The monoisotopic (exact) mass is 190 g/mol. The van der Waals surface area contributed by atoms with Gasteiger partial charge in [-0.3, -0.25) is 4.98 Å². The van der Waals surface area contributed by atoms with E-state index in [2.05, 4.69) is 29.2 Å². The molecule has 0 aliphatic heterocycles. The van der Waals surface area contributed by atoms with Crippen LogP contribution in [0.4, 0.5) is 0 Å². The van der Waals surface area contributed by atoms with Crippen LogP contribution in [-0.2, 0) is 12.8 Å². The zero-order chi connectivity index (χ0) is 9.97. The quantitative estimate of drug-likeness (QED) is 0.544. The van der Waals surface area contributed by atoms with E-state index in [1.54, 1.807) is 0 Å². The van der Waals surface area contributed by atoms with Crippen LogP contribution in [-0.4, -0.2) is 15.9 Å². The van der Waals surface area contributed by atoms with Gasteiger partial charge in [0.15, 0.2) is 0 Å². The van der Waals surface area contributed by atoms with E-state index in [-0.39, 0.29) is 0 Å². The minimum Gasteiger partial charge on any atom is -0.411 e. The van der Waals surface area contributed by atoms with E-state index in [1.807, 2.05) is 0 Å². The maximum absolute atomic E-state index is 8.85. The molecule has 2 rings (SSSR count). The minimum absolute atomic E-state index is 0.738. The molecule has 3 heteroatoms. The first-order chi connectivity index (χ1) is 6.85. The third-order valence-electron chi connectivity index (χ3n) is 2.65. The van der Waals surface area contributed by atoms with E-state index in [4.69, 9.17) is 5.21 Å². The standard InChI is InChI=1S/C11H14N2O/c1-2-9-7-6-8-4-3-5-10(13-14)11(8)12-9/h6-7,14H,2-5H2,1H3. The summed E-state index contributed by atoms with van der Waals surface area (Å²) in [6.45, 7) is 2.08. The second-order valence-corrected chi connectivity index (χ2v) is 3.56. The lowest BCUT2D eigenvalue weighted by molar-refractivity contribution is 0.317. The molecule has 0 atom stereocenters. The number of nitrogens with zero attached hydrogens (tertiary/aromatic N) is 2. The lowest BCUT2D eigenvalue weighted by atomic mass is 9.94. The molecule has 0 spiro atoms. The molecule has 74 valence electrons. The van der Waals surface area contributed by atoms with Crippen LogP contribution >= 0.6 is 0 Å². The molecule has 0 amide bonds. The Kier molecular flexibility index (Phi) is 2.48. The number of pyridine rings is 1. The van der Waals surface area contributed by atoms with E-state index in [9.17, 15) is 0 Å². The Balaban J connectivity index is 2.49. The number of aromatic nitrogens is 1. The molecule has 1 aromatic rings. The number of aryl methyl sites for hydroxylation is 2. The SMILES string of the molecule is CCc1ccc2c(n1)C(=NO)CCC2. The van der Waals surface area contributed by atoms with Crippen molar-refractivity contribution in [3.8, 4) is 0 Å². The van der Waals surface area contributed by atoms with Gasteiger partial charge in [-0.15, -0.1) is 0 Å². The fourth-order valence-corrected chi connectivity index (χ4v) is 1.84. The Morgan fingerprint density at radius 1 is 1.43 bits per heavy atom. The Labute approximate surface area is 83.5 Å². The largest absolute Gasteiger partial charge is 0.411 e. The Morgan fingerprint density at radius 3 is 3.00 bits per heavy atom. The number of rotatable bonds is 1. The number of fused-ring (bicyclic) bond motifs is 1. The summed E-state index contributed by atoms with van der Waals surface area (Å²) in [7, 11) is 0. The fraction of sp³-hybridized carbons (Fsp3) is 0.455. The van der Waals surface area contributed by atoms with Crippen molar-refractivity contribution in [1.82, 2.24) is 4.98 Å². The lowest BCUT2D eigenvalue weighted by Gasteiger charge is -2.16. The van der Waals surface area contributed by atoms with Crippen molar-refractivity contribution in [1.29, 1.82) is 0 Å². The van der Waals surface area contributed by atoms with Crippen LogP contribution < -0.4 is 0 Å². The normalized spacial score (nSPS) is 18.2. The van der Waals surface area contributed by atoms with Crippen molar-refractivity contribution >= 4 is 5.71 Å². The molecular formula is C11H14N2O. The summed E-state index contributed by atoms with van der Waals surface area (Å²) >= 11 is 0. The van der Waals surface area contributed by atoms with Gasteiger partial charge >= 0.3 is 0 Å². The average Bonchev–Trinajstić information content (AvgIpc) is 2.27. The second-order valence-electron chi connectivity index (χ2n) is 3.56. The molecule has 1 heterocycles. The van der Waals surface area contributed by atoms with Crippen LogP contribution in [0.2, 0.25) is 0 Å². The summed E-state index contributed by atoms with van der Waals surface area (Å²) in [4.78, 5) is 4.49. The molecule has 0 saturated heterocycles. The second kappa shape index (κ2) is 3.78. The molecule has 1 N–H and O–H groups in total. The summed E-state index contributed by atoms with van der Waals surface area (Å²) in [6, 6.07) is 4.16. The van der Waals surface area contributed by atoms with Gasteiger partial charge in [0.25, 0.3) is 0 Å². The van der Waals surface area contributed by atoms with E-state index in [0.717, 1.165) is 42.8 Å². The molecule has 0 unspecified atom stereocenters. The van der Waals surface area contributed by atoms with Crippen LogP contribution in [0, 0.1) is 0 Å². The van der Waals surface area contributed by atoms with Crippen molar-refractivity contribution in [3.63, 3.8) is 0 Å². The number of oxime groups is 1. The van der Waals surface area contributed by atoms with E-state index >= 15 is 0 Å². The van der Waals surface area contributed by atoms with Crippen LogP contribution in [0.3, 0.4) is 0 Å². The molecule has 0 fully saturated rings. The summed E-state index contributed by atoms with van der Waals surface area (Å²) in [5.74, 6) is 0. The molecule has 1 aromatic heterocycles. The van der Waals surface area contributed by atoms with Crippen LogP contribution in [0.5, 0.6) is 0 Å². The first-order valence-electron chi connectivity index (χ1n) is 5.05. The van der Waals surface area contributed by atoms with Gasteiger partial charge in [-0.2, -0.15) is 0 Å². The molecule has 3 nitrogen and oxygen atoms in total. The van der Waals surface area contributed by atoms with Crippen LogP contribution in [0.15, 0.2) is 17.3 Å². The summed E-state index contributed by atoms with van der Waals surface area (Å²) in [5, 5.41) is 12.2. The smallest absolute Gasteiger partial charge is 0.105 e. The van der Waals surface area contributed by atoms with Crippen LogP contribution in [0.25, 0.3) is 0 Å². The first kappa shape index (κ1) is 9.19. The predicted molar refractivity (Wildman–Crippen MR) is 54.9 cm³/mol. The molecule has 0 radical (unpaired) electrons. The van der Waals surface area contributed by atoms with E-state index < -0.39 is 0 Å². The average molecular weight is 190 g/mol. The van der Waals surface area contributed by atoms with Gasteiger partial charge in [0.1, 0.15) is 5.71 Å². The molecule has 1 aliphatic rings. The maximum Gasteiger partial charge on any atom is 0.105 e. The summed E-state index contributed by atoms with van der Waals surface area (Å²) in [5.41, 5.74) is 3.91. The van der Waals surface area contributed by atoms with Crippen LogP contribution in [0.1, 0.15) is 36.7 Å². The fourth-order valence-electron chi connectivity index (χ4n) is 1.84. The zero-order valence-corrected chi connectivity index (χ0v) is 8.32. The highest BCUT2D eigenvalue weighted by Gasteiger charge is 2.17. The van der Waals surface area contributed by atoms with E-state index in [0.29, 0.717) is 0 Å². The molecule has 1 aliphatic carbocycles. The van der Waals surface area contributed by atoms with Gasteiger partial charge in [0, 0.05) is 5.69 Å². The molecular weight excluding hydrogens is 176 g/mol. The molecule has 0 saturated carbocycles. The maximum atomic E-state index is 8.85. The van der Waals surface area contributed by atoms with Crippen molar-refractivity contribution in [2.24, 2.45) is 5.16 Å². The Hall–Kier alpha value is -1.38. The zero-order valence-electron chi connectivity index (χ0n) is 8.32. The predicted octanol–water partition coefficient (Wildman–Crippen LogP) is 2.16. The van der Waals surface area contributed by atoms with Gasteiger partial charge in [-0.1, -0.05) is 18.1 Å². The summed E-state index contributed by atoms with van der Waals surface area (Å²) in [6.07, 6.45) is 3.86. The molecule has 14 heavy (non-hydrogen) atoms. The summed E-state index contributed by atoms with van der Waals surface area (Å²) < 4.78 is 0. The van der Waals surface area contributed by atoms with E-state index in [1.165, 1.54) is 5.56 Å². The third kappa shape index (κ3) is 1.50. The highest BCUT2D eigenvalue weighted by molar-refractivity contribution is 6.00. The Morgan fingerprint density at radius 2 is 2.29 bits per heavy atom. The minimum atomic E-state index is 0.738. The topological polar surface area (TPSA) is 45.5 Å². The first-order valence-corrected chi connectivity index (χ1v) is 5.05. The van der Waals surface area contributed by atoms with Crippen molar-refractivity contribution < 1.29 is 5.21 Å². The highest BCUT2D eigenvalue weighted by atomic mass is 16.4. The van der Waals surface area contributed by atoms with Gasteiger partial charge in [-0.05, 0) is 37.3 Å². The number of hydrogen-bond donors (Lipinski definition) is 1. The van der Waals surface area contributed by atoms with Gasteiger partial charge in [-0.25, -0.2) is 0 Å². The van der Waals surface area contributed by atoms with Crippen molar-refractivity contribution in [2.75, 3.05) is 0 Å². The van der Waals surface area contributed by atoms with Gasteiger partial charge < -0.3 is 5.21 Å². The van der Waals surface area contributed by atoms with Gasteiger partial charge in [0.05, 0.1) is 5.69 Å². The van der Waals surface area contributed by atoms with Crippen molar-refractivity contribution in [2.45, 2.75) is 32.6 Å². The third-order valence-corrected chi connectivity index (χ3v) is 2.65. The molecule has 0 aromatic carbocycles. The molecule has 0 bridgehead atoms. The lowest BCUT2D eigenvalue weighted by Crippen LogP contribution is -2.15.